The van der Waals surface area contributed by atoms with Crippen molar-refractivity contribution >= 4 is 5.78 Å². The van der Waals surface area contributed by atoms with Crippen LogP contribution in [-0.2, 0) is 10.2 Å². The van der Waals surface area contributed by atoms with Gasteiger partial charge in [-0.15, -0.1) is 0 Å². The fourth-order valence-corrected chi connectivity index (χ4v) is 2.88. The van der Waals surface area contributed by atoms with Crippen LogP contribution in [0, 0.1) is 0 Å². The fourth-order valence-electron chi connectivity index (χ4n) is 2.88. The number of methoxy groups -OCH3 is 1. The number of ketones is 1. The smallest absolute Gasteiger partial charge is 0.143 e. The predicted molar refractivity (Wildman–Crippen MR) is 68.4 cm³/mol. The minimum absolute atomic E-state index is 0.232. The van der Waals surface area contributed by atoms with Gasteiger partial charge in [0.25, 0.3) is 0 Å². The van der Waals surface area contributed by atoms with Gasteiger partial charge in [-0.2, -0.15) is 0 Å². The quantitative estimate of drug-likeness (QED) is 0.797. The molecule has 1 aromatic carbocycles. The Balaban J connectivity index is 2.35. The van der Waals surface area contributed by atoms with E-state index in [2.05, 4.69) is 6.92 Å². The summed E-state index contributed by atoms with van der Waals surface area (Å²) in [7, 11) is 1.66. The molecule has 1 saturated carbocycles. The third-order valence-corrected chi connectivity index (χ3v) is 4.04. The first-order valence-electron chi connectivity index (χ1n) is 6.41. The molecule has 17 heavy (non-hydrogen) atoms. The standard InChI is InChI=1S/C15H20O2/c1-3-15(11-5-4-6-14(15)16)12-7-9-13(17-2)10-8-12/h7-10H,3-6,11H2,1-2H3. The summed E-state index contributed by atoms with van der Waals surface area (Å²) in [6.45, 7) is 2.12. The summed E-state index contributed by atoms with van der Waals surface area (Å²) in [6.07, 6.45) is 4.84. The zero-order chi connectivity index (χ0) is 12.3. The maximum Gasteiger partial charge on any atom is 0.143 e. The molecule has 0 heterocycles. The molecular weight excluding hydrogens is 212 g/mol. The number of Topliss-reactive ketones (excluding diaryl/α,β-unsaturated/α-hetero) is 1. The van der Waals surface area contributed by atoms with Gasteiger partial charge in [0.2, 0.25) is 0 Å². The summed E-state index contributed by atoms with van der Waals surface area (Å²) < 4.78 is 5.16. The minimum Gasteiger partial charge on any atom is -0.497 e. The van der Waals surface area contributed by atoms with E-state index in [0.29, 0.717) is 5.78 Å². The molecule has 92 valence electrons. The van der Waals surface area contributed by atoms with Gasteiger partial charge < -0.3 is 4.74 Å². The number of hydrogen-bond acceptors (Lipinski definition) is 2. The Morgan fingerprint density at radius 1 is 1.24 bits per heavy atom. The monoisotopic (exact) mass is 232 g/mol. The summed E-state index contributed by atoms with van der Waals surface area (Å²) in [5.41, 5.74) is 0.926. The van der Waals surface area contributed by atoms with E-state index in [-0.39, 0.29) is 5.41 Å². The molecule has 1 fully saturated rings. The third kappa shape index (κ3) is 2.08. The van der Waals surface area contributed by atoms with Gasteiger partial charge in [-0.05, 0) is 37.0 Å². The maximum absolute atomic E-state index is 12.3. The van der Waals surface area contributed by atoms with Gasteiger partial charge in [0, 0.05) is 6.42 Å². The van der Waals surface area contributed by atoms with E-state index in [4.69, 9.17) is 4.74 Å². The van der Waals surface area contributed by atoms with Crippen LogP contribution in [0.15, 0.2) is 24.3 Å². The molecule has 0 N–H and O–H groups in total. The summed E-state index contributed by atoms with van der Waals surface area (Å²) in [5, 5.41) is 0. The maximum atomic E-state index is 12.3. The fraction of sp³-hybridized carbons (Fsp3) is 0.533. The number of hydrogen-bond donors (Lipinski definition) is 0. The van der Waals surface area contributed by atoms with Crippen LogP contribution in [0.25, 0.3) is 0 Å². The van der Waals surface area contributed by atoms with E-state index in [1.807, 2.05) is 24.3 Å². The highest BCUT2D eigenvalue weighted by Gasteiger charge is 2.39. The van der Waals surface area contributed by atoms with Gasteiger partial charge in [0.05, 0.1) is 12.5 Å². The molecular formula is C15H20O2. The van der Waals surface area contributed by atoms with Crippen LogP contribution < -0.4 is 4.74 Å². The van der Waals surface area contributed by atoms with E-state index in [1.165, 1.54) is 0 Å². The van der Waals surface area contributed by atoms with Crippen molar-refractivity contribution in [3.05, 3.63) is 29.8 Å². The molecule has 0 bridgehead atoms. The zero-order valence-electron chi connectivity index (χ0n) is 10.7. The summed E-state index contributed by atoms with van der Waals surface area (Å²) in [6, 6.07) is 8.00. The van der Waals surface area contributed by atoms with Crippen molar-refractivity contribution in [2.75, 3.05) is 7.11 Å². The number of carbonyl (C=O) groups excluding carboxylic acids is 1. The van der Waals surface area contributed by atoms with Crippen molar-refractivity contribution in [3.63, 3.8) is 0 Å². The summed E-state index contributed by atoms with van der Waals surface area (Å²) in [5.74, 6) is 1.26. The Morgan fingerprint density at radius 3 is 2.47 bits per heavy atom. The Kier molecular flexibility index (Phi) is 3.51. The van der Waals surface area contributed by atoms with E-state index < -0.39 is 0 Å². The van der Waals surface area contributed by atoms with Crippen LogP contribution in [0.1, 0.15) is 44.6 Å². The van der Waals surface area contributed by atoms with Crippen LogP contribution in [-0.4, -0.2) is 12.9 Å². The first kappa shape index (κ1) is 12.2. The molecule has 0 saturated heterocycles. The number of rotatable bonds is 3. The van der Waals surface area contributed by atoms with Crippen LogP contribution in [0.4, 0.5) is 0 Å². The van der Waals surface area contributed by atoms with Gasteiger partial charge >= 0.3 is 0 Å². The second-order valence-corrected chi connectivity index (χ2v) is 4.79. The second kappa shape index (κ2) is 4.91. The molecule has 2 nitrogen and oxygen atoms in total. The molecule has 0 aliphatic heterocycles. The first-order valence-corrected chi connectivity index (χ1v) is 6.41. The molecule has 1 atom stereocenters. The van der Waals surface area contributed by atoms with Crippen molar-refractivity contribution in [2.24, 2.45) is 0 Å². The highest BCUT2D eigenvalue weighted by molar-refractivity contribution is 5.90. The molecule has 0 aromatic heterocycles. The molecule has 0 amide bonds. The minimum atomic E-state index is -0.232. The number of ether oxygens (including phenoxy) is 1. The average molecular weight is 232 g/mol. The normalized spacial score (nSPS) is 24.7. The lowest BCUT2D eigenvalue weighted by molar-refractivity contribution is -0.126. The van der Waals surface area contributed by atoms with Crippen LogP contribution in [0.5, 0.6) is 5.75 Å². The van der Waals surface area contributed by atoms with Crippen molar-refractivity contribution in [2.45, 2.75) is 44.4 Å². The Hall–Kier alpha value is -1.31. The van der Waals surface area contributed by atoms with Gasteiger partial charge in [-0.3, -0.25) is 4.79 Å². The number of carbonyl (C=O) groups is 1. The lowest BCUT2D eigenvalue weighted by atomic mass is 9.67. The van der Waals surface area contributed by atoms with Gasteiger partial charge in [-0.1, -0.05) is 25.5 Å². The zero-order valence-corrected chi connectivity index (χ0v) is 10.7. The van der Waals surface area contributed by atoms with Crippen LogP contribution >= 0.6 is 0 Å². The van der Waals surface area contributed by atoms with Crippen LogP contribution in [0.2, 0.25) is 0 Å². The van der Waals surface area contributed by atoms with Crippen molar-refractivity contribution in [3.8, 4) is 5.75 Å². The average Bonchev–Trinajstić information content (AvgIpc) is 2.40. The molecule has 2 heteroatoms. The molecule has 2 rings (SSSR count). The largest absolute Gasteiger partial charge is 0.497 e. The Morgan fingerprint density at radius 2 is 1.94 bits per heavy atom. The van der Waals surface area contributed by atoms with Gasteiger partial charge in [-0.25, -0.2) is 0 Å². The highest BCUT2D eigenvalue weighted by Crippen LogP contribution is 2.39. The van der Waals surface area contributed by atoms with E-state index in [9.17, 15) is 4.79 Å². The van der Waals surface area contributed by atoms with Gasteiger partial charge in [0.1, 0.15) is 11.5 Å². The van der Waals surface area contributed by atoms with Crippen molar-refractivity contribution in [1.82, 2.24) is 0 Å². The molecule has 1 aliphatic rings. The summed E-state index contributed by atoms with van der Waals surface area (Å²) in [4.78, 5) is 12.3. The highest BCUT2D eigenvalue weighted by atomic mass is 16.5. The topological polar surface area (TPSA) is 26.3 Å². The van der Waals surface area contributed by atoms with E-state index in [0.717, 1.165) is 43.4 Å². The molecule has 1 aliphatic carbocycles. The lowest BCUT2D eigenvalue weighted by Crippen LogP contribution is -2.37. The Bertz CT molecular complexity index is 394. The third-order valence-electron chi connectivity index (χ3n) is 4.04. The number of benzene rings is 1. The predicted octanol–water partition coefficient (Wildman–Crippen LogP) is 3.49. The molecule has 1 aromatic rings. The Labute approximate surface area is 103 Å². The van der Waals surface area contributed by atoms with E-state index >= 15 is 0 Å². The first-order chi connectivity index (χ1) is 8.23. The second-order valence-electron chi connectivity index (χ2n) is 4.79. The molecule has 0 radical (unpaired) electrons. The van der Waals surface area contributed by atoms with Crippen LogP contribution in [0.3, 0.4) is 0 Å². The lowest BCUT2D eigenvalue weighted by Gasteiger charge is -2.35. The van der Waals surface area contributed by atoms with Gasteiger partial charge in [0.15, 0.2) is 0 Å². The molecule has 1 unspecified atom stereocenters. The molecule has 0 spiro atoms. The summed E-state index contributed by atoms with van der Waals surface area (Å²) >= 11 is 0. The van der Waals surface area contributed by atoms with Crippen molar-refractivity contribution < 1.29 is 9.53 Å². The van der Waals surface area contributed by atoms with E-state index in [1.54, 1.807) is 7.11 Å². The SMILES string of the molecule is CCC1(c2ccc(OC)cc2)CCCCC1=O. The van der Waals surface area contributed by atoms with Crippen molar-refractivity contribution in [1.29, 1.82) is 0 Å².